The minimum atomic E-state index is -3.49. The first-order chi connectivity index (χ1) is 13.0. The fraction of sp³-hybridized carbons (Fsp3) is 0.579. The molecule has 0 unspecified atom stereocenters. The van der Waals surface area contributed by atoms with Crippen LogP contribution in [0.2, 0.25) is 0 Å². The van der Waals surface area contributed by atoms with Crippen molar-refractivity contribution in [3.8, 4) is 11.4 Å². The number of nitrogens with zero attached hydrogens (tertiary/aromatic N) is 5. The minimum absolute atomic E-state index is 0.108. The summed E-state index contributed by atoms with van der Waals surface area (Å²) >= 11 is 0. The third-order valence-corrected chi connectivity index (χ3v) is 7.43. The third-order valence-electron chi connectivity index (χ3n) is 5.41. The van der Waals surface area contributed by atoms with Gasteiger partial charge in [0.1, 0.15) is 5.82 Å². The van der Waals surface area contributed by atoms with Gasteiger partial charge < -0.3 is 0 Å². The zero-order chi connectivity index (χ0) is 19.0. The van der Waals surface area contributed by atoms with Gasteiger partial charge in [-0.05, 0) is 18.8 Å². The lowest BCUT2D eigenvalue weighted by atomic mass is 10.0. The molecular formula is C19H27N5O2S. The van der Waals surface area contributed by atoms with Crippen molar-refractivity contribution in [3.05, 3.63) is 36.2 Å². The summed E-state index contributed by atoms with van der Waals surface area (Å²) in [6.07, 6.45) is 2.98. The highest BCUT2D eigenvalue weighted by Gasteiger charge is 2.42. The summed E-state index contributed by atoms with van der Waals surface area (Å²) < 4.78 is 31.9. The topological polar surface area (TPSA) is 71.3 Å². The number of aromatic nitrogens is 3. The molecule has 2 aliphatic rings. The Hall–Kier alpha value is -1.77. The fourth-order valence-electron chi connectivity index (χ4n) is 4.04. The van der Waals surface area contributed by atoms with Crippen LogP contribution in [0.4, 0.5) is 0 Å². The highest BCUT2D eigenvalue weighted by Crippen LogP contribution is 2.35. The Kier molecular flexibility index (Phi) is 5.05. The molecule has 0 aliphatic carbocycles. The first-order valence-corrected chi connectivity index (χ1v) is 11.2. The predicted octanol–water partition coefficient (Wildman–Crippen LogP) is 2.69. The van der Waals surface area contributed by atoms with E-state index in [-0.39, 0.29) is 12.0 Å². The molecule has 4 rings (SSSR count). The van der Waals surface area contributed by atoms with Gasteiger partial charge in [-0.15, -0.1) is 0 Å². The van der Waals surface area contributed by atoms with Crippen LogP contribution in [0.3, 0.4) is 0 Å². The van der Waals surface area contributed by atoms with E-state index in [0.29, 0.717) is 32.0 Å². The van der Waals surface area contributed by atoms with Crippen molar-refractivity contribution in [2.24, 2.45) is 5.92 Å². The fourth-order valence-corrected chi connectivity index (χ4v) is 6.00. The van der Waals surface area contributed by atoms with Gasteiger partial charge in [0.2, 0.25) is 0 Å². The summed E-state index contributed by atoms with van der Waals surface area (Å²) in [6, 6.07) is 9.55. The van der Waals surface area contributed by atoms with Gasteiger partial charge >= 0.3 is 0 Å². The SMILES string of the molecule is CC(C)[C@H]1c2nc(-c3ccccc3)nn2CCN1S(=O)(=O)N1CCCCC1. The quantitative estimate of drug-likeness (QED) is 0.806. The minimum Gasteiger partial charge on any atom is -0.246 e. The van der Waals surface area contributed by atoms with Crippen LogP contribution in [0.15, 0.2) is 30.3 Å². The van der Waals surface area contributed by atoms with Gasteiger partial charge in [-0.1, -0.05) is 50.6 Å². The molecule has 1 fully saturated rings. The van der Waals surface area contributed by atoms with Crippen molar-refractivity contribution in [3.63, 3.8) is 0 Å². The largest absolute Gasteiger partial charge is 0.282 e. The molecule has 0 N–H and O–H groups in total. The zero-order valence-corrected chi connectivity index (χ0v) is 16.8. The second-order valence-corrected chi connectivity index (χ2v) is 9.53. The van der Waals surface area contributed by atoms with Crippen LogP contribution < -0.4 is 0 Å². The van der Waals surface area contributed by atoms with E-state index >= 15 is 0 Å². The van der Waals surface area contributed by atoms with Crippen LogP contribution in [0.25, 0.3) is 11.4 Å². The number of hydrogen-bond donors (Lipinski definition) is 0. The molecule has 1 atom stereocenters. The molecule has 2 aliphatic heterocycles. The Morgan fingerprint density at radius 1 is 1.00 bits per heavy atom. The lowest BCUT2D eigenvalue weighted by Gasteiger charge is -2.40. The van der Waals surface area contributed by atoms with Crippen molar-refractivity contribution in [2.45, 2.75) is 45.7 Å². The maximum absolute atomic E-state index is 13.3. The summed E-state index contributed by atoms with van der Waals surface area (Å²) in [7, 11) is -3.49. The molecule has 3 heterocycles. The molecule has 0 spiro atoms. The first-order valence-electron chi connectivity index (χ1n) is 9.75. The van der Waals surface area contributed by atoms with Crippen LogP contribution in [-0.4, -0.2) is 51.4 Å². The molecule has 1 aromatic carbocycles. The normalized spacial score (nSPS) is 22.1. The Morgan fingerprint density at radius 2 is 1.70 bits per heavy atom. The Labute approximate surface area is 161 Å². The molecule has 1 saturated heterocycles. The second-order valence-electron chi connectivity index (χ2n) is 7.65. The molecule has 0 saturated carbocycles. The standard InChI is InChI=1S/C19H27N5O2S/c1-15(2)17-19-20-18(16-9-5-3-6-10-16)21-23(19)13-14-24(17)27(25,26)22-11-7-4-8-12-22/h3,5-6,9-10,15,17H,4,7-8,11-14H2,1-2H3/t17-/m0/s1. The Balaban J connectivity index is 1.70. The van der Waals surface area contributed by atoms with Gasteiger partial charge in [-0.2, -0.15) is 22.1 Å². The van der Waals surface area contributed by atoms with E-state index in [0.717, 1.165) is 30.7 Å². The third kappa shape index (κ3) is 3.41. The summed E-state index contributed by atoms with van der Waals surface area (Å²) in [5.41, 5.74) is 0.951. The molecule has 2 aromatic rings. The van der Waals surface area contributed by atoms with E-state index in [1.54, 1.807) is 8.61 Å². The van der Waals surface area contributed by atoms with Crippen LogP contribution in [-0.2, 0) is 16.8 Å². The van der Waals surface area contributed by atoms with Gasteiger partial charge in [-0.25, -0.2) is 9.67 Å². The molecule has 0 bridgehead atoms. The summed E-state index contributed by atoms with van der Waals surface area (Å²) in [5.74, 6) is 1.51. The maximum Gasteiger partial charge on any atom is 0.282 e. The first kappa shape index (κ1) is 18.6. The monoisotopic (exact) mass is 389 g/mol. The molecule has 8 heteroatoms. The molecule has 146 valence electrons. The Morgan fingerprint density at radius 3 is 2.37 bits per heavy atom. The van der Waals surface area contributed by atoms with E-state index in [9.17, 15) is 8.42 Å². The number of fused-ring (bicyclic) bond motifs is 1. The molecular weight excluding hydrogens is 362 g/mol. The zero-order valence-electron chi connectivity index (χ0n) is 16.0. The highest BCUT2D eigenvalue weighted by molar-refractivity contribution is 7.86. The highest BCUT2D eigenvalue weighted by atomic mass is 32.2. The van der Waals surface area contributed by atoms with E-state index in [1.165, 1.54) is 0 Å². The average molecular weight is 390 g/mol. The van der Waals surface area contributed by atoms with E-state index in [2.05, 4.69) is 18.9 Å². The van der Waals surface area contributed by atoms with E-state index < -0.39 is 10.2 Å². The lowest BCUT2D eigenvalue weighted by molar-refractivity contribution is 0.184. The summed E-state index contributed by atoms with van der Waals surface area (Å²) in [5, 5.41) is 4.65. The van der Waals surface area contributed by atoms with E-state index in [4.69, 9.17) is 4.98 Å². The van der Waals surface area contributed by atoms with Crippen LogP contribution in [0, 0.1) is 5.92 Å². The smallest absolute Gasteiger partial charge is 0.246 e. The van der Waals surface area contributed by atoms with E-state index in [1.807, 2.05) is 35.0 Å². The molecule has 27 heavy (non-hydrogen) atoms. The van der Waals surface area contributed by atoms with Crippen molar-refractivity contribution in [1.82, 2.24) is 23.4 Å². The molecule has 1 aromatic heterocycles. The predicted molar refractivity (Wildman–Crippen MR) is 104 cm³/mol. The van der Waals surface area contributed by atoms with Gasteiger partial charge in [0.05, 0.1) is 12.6 Å². The van der Waals surface area contributed by atoms with Gasteiger partial charge in [0.15, 0.2) is 5.82 Å². The lowest BCUT2D eigenvalue weighted by Crippen LogP contribution is -2.51. The van der Waals surface area contributed by atoms with Crippen LogP contribution in [0.5, 0.6) is 0 Å². The van der Waals surface area contributed by atoms with Crippen molar-refractivity contribution >= 4 is 10.2 Å². The van der Waals surface area contributed by atoms with Crippen molar-refractivity contribution < 1.29 is 8.42 Å². The second kappa shape index (κ2) is 7.33. The van der Waals surface area contributed by atoms with Gasteiger partial charge in [-0.3, -0.25) is 0 Å². The van der Waals surface area contributed by atoms with Crippen molar-refractivity contribution in [2.75, 3.05) is 19.6 Å². The van der Waals surface area contributed by atoms with Crippen LogP contribution >= 0.6 is 0 Å². The number of piperidine rings is 1. The molecule has 0 radical (unpaired) electrons. The summed E-state index contributed by atoms with van der Waals surface area (Å²) in [4.78, 5) is 4.76. The van der Waals surface area contributed by atoms with Gasteiger partial charge in [0.25, 0.3) is 10.2 Å². The molecule has 7 nitrogen and oxygen atoms in total. The number of rotatable bonds is 4. The number of benzene rings is 1. The number of hydrogen-bond acceptors (Lipinski definition) is 4. The van der Waals surface area contributed by atoms with Crippen LogP contribution in [0.1, 0.15) is 45.0 Å². The Bertz CT molecular complexity index is 888. The summed E-state index contributed by atoms with van der Waals surface area (Å²) in [6.45, 7) is 6.31. The maximum atomic E-state index is 13.3. The van der Waals surface area contributed by atoms with Gasteiger partial charge in [0, 0.05) is 25.2 Å². The average Bonchev–Trinajstić information content (AvgIpc) is 3.12. The van der Waals surface area contributed by atoms with Crippen molar-refractivity contribution in [1.29, 1.82) is 0 Å². The molecule has 0 amide bonds.